The molecule has 1 aliphatic heterocycles. The number of aromatic amines is 1. The van der Waals surface area contributed by atoms with Crippen LogP contribution in [0.1, 0.15) is 5.56 Å². The Balaban J connectivity index is 1.61. The van der Waals surface area contributed by atoms with Crippen molar-refractivity contribution in [2.75, 3.05) is 5.32 Å². The molecular weight excluding hydrogens is 290 g/mol. The summed E-state index contributed by atoms with van der Waals surface area (Å²) in [6, 6.07) is 15.3. The molecule has 0 fully saturated rings. The summed E-state index contributed by atoms with van der Waals surface area (Å²) in [5.41, 5.74) is 3.91. The zero-order valence-electron chi connectivity index (χ0n) is 12.1. The minimum absolute atomic E-state index is 0.231. The number of hydrogen-bond donors (Lipinski definition) is 3. The molecule has 4 rings (SSSR count). The quantitative estimate of drug-likeness (QED) is 0.636. The third-order valence-corrected chi connectivity index (χ3v) is 3.48. The standard InChI is InChI=1S/C17H13N5O/c23-16-15(9-11-6-7-13-14(8-11)19-10-18-13)21-17(22-16)20-12-4-2-1-3-5-12/h1-10H,(H,18,19)(H2,20,21,22,23). The summed E-state index contributed by atoms with van der Waals surface area (Å²) in [6.45, 7) is 0. The average Bonchev–Trinajstić information content (AvgIpc) is 3.15. The summed E-state index contributed by atoms with van der Waals surface area (Å²) in [7, 11) is 0. The van der Waals surface area contributed by atoms with Crippen molar-refractivity contribution in [2.45, 2.75) is 0 Å². The minimum Gasteiger partial charge on any atom is -0.345 e. The second-order valence-electron chi connectivity index (χ2n) is 5.11. The van der Waals surface area contributed by atoms with E-state index < -0.39 is 0 Å². The number of amides is 1. The van der Waals surface area contributed by atoms with Crippen LogP contribution in [0.4, 0.5) is 5.69 Å². The van der Waals surface area contributed by atoms with Crippen LogP contribution in [-0.4, -0.2) is 21.8 Å². The molecule has 3 aromatic rings. The number of aliphatic imine (C=N–C) groups is 1. The normalized spacial score (nSPS) is 15.7. The van der Waals surface area contributed by atoms with E-state index in [9.17, 15) is 4.79 Å². The molecule has 0 spiro atoms. The molecule has 2 aromatic carbocycles. The molecular formula is C17H13N5O. The molecule has 6 nitrogen and oxygen atoms in total. The predicted octanol–water partition coefficient (Wildman–Crippen LogP) is 2.50. The Morgan fingerprint density at radius 3 is 2.83 bits per heavy atom. The number of anilines is 1. The highest BCUT2D eigenvalue weighted by Crippen LogP contribution is 2.17. The van der Waals surface area contributed by atoms with Crippen LogP contribution in [0.15, 0.2) is 65.5 Å². The van der Waals surface area contributed by atoms with Crippen LogP contribution in [0.3, 0.4) is 0 Å². The van der Waals surface area contributed by atoms with Crippen molar-refractivity contribution in [3.05, 3.63) is 66.1 Å². The summed E-state index contributed by atoms with van der Waals surface area (Å²) < 4.78 is 0. The topological polar surface area (TPSA) is 82.2 Å². The number of rotatable bonds is 2. The van der Waals surface area contributed by atoms with Crippen molar-refractivity contribution in [3.8, 4) is 0 Å². The zero-order chi connectivity index (χ0) is 15.6. The number of carbonyl (C=O) groups is 1. The van der Waals surface area contributed by atoms with Crippen molar-refractivity contribution in [1.29, 1.82) is 0 Å². The van der Waals surface area contributed by atoms with E-state index in [-0.39, 0.29) is 5.91 Å². The number of carbonyl (C=O) groups excluding carboxylic acids is 1. The lowest BCUT2D eigenvalue weighted by atomic mass is 10.1. The van der Waals surface area contributed by atoms with Crippen LogP contribution >= 0.6 is 0 Å². The van der Waals surface area contributed by atoms with Crippen molar-refractivity contribution < 1.29 is 4.79 Å². The van der Waals surface area contributed by atoms with Crippen molar-refractivity contribution in [2.24, 2.45) is 4.99 Å². The van der Waals surface area contributed by atoms with Gasteiger partial charge in [-0.25, -0.2) is 9.98 Å². The zero-order valence-corrected chi connectivity index (χ0v) is 12.1. The largest absolute Gasteiger partial charge is 0.345 e. The third kappa shape index (κ3) is 2.69. The van der Waals surface area contributed by atoms with Gasteiger partial charge in [-0.1, -0.05) is 24.3 Å². The Morgan fingerprint density at radius 2 is 1.96 bits per heavy atom. The van der Waals surface area contributed by atoms with E-state index in [0.717, 1.165) is 22.3 Å². The molecule has 6 heteroatoms. The Kier molecular flexibility index (Phi) is 3.12. The first-order chi connectivity index (χ1) is 11.3. The number of para-hydroxylation sites is 1. The molecule has 2 heterocycles. The van der Waals surface area contributed by atoms with Crippen molar-refractivity contribution in [3.63, 3.8) is 0 Å². The summed E-state index contributed by atoms with van der Waals surface area (Å²) in [5, 5.41) is 5.79. The summed E-state index contributed by atoms with van der Waals surface area (Å²) in [6.07, 6.45) is 3.38. The third-order valence-electron chi connectivity index (χ3n) is 3.48. The van der Waals surface area contributed by atoms with Gasteiger partial charge in [-0.05, 0) is 35.9 Å². The van der Waals surface area contributed by atoms with E-state index in [4.69, 9.17) is 0 Å². The molecule has 0 aliphatic carbocycles. The van der Waals surface area contributed by atoms with Gasteiger partial charge in [0.05, 0.1) is 17.4 Å². The maximum absolute atomic E-state index is 12.0. The lowest BCUT2D eigenvalue weighted by Gasteiger charge is -2.03. The summed E-state index contributed by atoms with van der Waals surface area (Å²) >= 11 is 0. The lowest BCUT2D eigenvalue weighted by molar-refractivity contribution is -0.115. The highest BCUT2D eigenvalue weighted by Gasteiger charge is 2.20. The molecule has 23 heavy (non-hydrogen) atoms. The van der Waals surface area contributed by atoms with Crippen molar-refractivity contribution >= 4 is 34.7 Å². The van der Waals surface area contributed by atoms with Crippen LogP contribution < -0.4 is 10.6 Å². The molecule has 0 unspecified atom stereocenters. The van der Waals surface area contributed by atoms with Crippen LogP contribution in [0.2, 0.25) is 0 Å². The molecule has 112 valence electrons. The second-order valence-corrected chi connectivity index (χ2v) is 5.11. The summed E-state index contributed by atoms with van der Waals surface area (Å²) in [4.78, 5) is 23.6. The smallest absolute Gasteiger partial charge is 0.276 e. The number of nitrogens with one attached hydrogen (secondary N) is 3. The Morgan fingerprint density at radius 1 is 1.09 bits per heavy atom. The number of guanidine groups is 1. The molecule has 3 N–H and O–H groups in total. The highest BCUT2D eigenvalue weighted by molar-refractivity contribution is 6.17. The van der Waals surface area contributed by atoms with E-state index >= 15 is 0 Å². The van der Waals surface area contributed by atoms with Crippen LogP contribution in [0.5, 0.6) is 0 Å². The number of imidazole rings is 1. The fourth-order valence-electron chi connectivity index (χ4n) is 2.38. The molecule has 0 bridgehead atoms. The van der Waals surface area contributed by atoms with E-state index in [1.165, 1.54) is 0 Å². The maximum atomic E-state index is 12.0. The van der Waals surface area contributed by atoms with Gasteiger partial charge < -0.3 is 10.3 Å². The van der Waals surface area contributed by atoms with Gasteiger partial charge in [0.1, 0.15) is 5.70 Å². The first kappa shape index (κ1) is 13.3. The number of benzene rings is 2. The van der Waals surface area contributed by atoms with Crippen LogP contribution in [0, 0.1) is 0 Å². The molecule has 1 amide bonds. The highest BCUT2D eigenvalue weighted by atomic mass is 16.2. The van der Waals surface area contributed by atoms with Crippen LogP contribution in [0.25, 0.3) is 17.1 Å². The average molecular weight is 303 g/mol. The van der Waals surface area contributed by atoms with Gasteiger partial charge in [-0.3, -0.25) is 10.1 Å². The van der Waals surface area contributed by atoms with Gasteiger partial charge in [0.2, 0.25) is 5.96 Å². The van der Waals surface area contributed by atoms with E-state index in [0.29, 0.717) is 11.7 Å². The van der Waals surface area contributed by atoms with Gasteiger partial charge in [0.15, 0.2) is 0 Å². The fourth-order valence-corrected chi connectivity index (χ4v) is 2.38. The van der Waals surface area contributed by atoms with Gasteiger partial charge >= 0.3 is 0 Å². The number of fused-ring (bicyclic) bond motifs is 1. The van der Waals surface area contributed by atoms with E-state index in [1.54, 1.807) is 12.4 Å². The predicted molar refractivity (Wildman–Crippen MR) is 89.7 cm³/mol. The Labute approximate surface area is 132 Å². The first-order valence-corrected chi connectivity index (χ1v) is 7.15. The van der Waals surface area contributed by atoms with E-state index in [2.05, 4.69) is 25.6 Å². The minimum atomic E-state index is -0.231. The molecule has 1 aromatic heterocycles. The SMILES string of the molecule is O=C1NC(Nc2ccccc2)=NC1=Cc1ccc2[nH]cnc2c1. The first-order valence-electron chi connectivity index (χ1n) is 7.15. The maximum Gasteiger partial charge on any atom is 0.276 e. The van der Waals surface area contributed by atoms with Gasteiger partial charge in [0.25, 0.3) is 5.91 Å². The fraction of sp³-hybridized carbons (Fsp3) is 0. The second kappa shape index (κ2) is 5.42. The summed E-state index contributed by atoms with van der Waals surface area (Å²) in [5.74, 6) is 0.193. The number of nitrogens with zero attached hydrogens (tertiary/aromatic N) is 2. The molecule has 0 radical (unpaired) electrons. The number of hydrogen-bond acceptors (Lipinski definition) is 4. The Hall–Kier alpha value is -3.41. The molecule has 0 atom stereocenters. The molecule has 1 aliphatic rings. The van der Waals surface area contributed by atoms with Crippen molar-refractivity contribution in [1.82, 2.24) is 15.3 Å². The van der Waals surface area contributed by atoms with E-state index in [1.807, 2.05) is 48.5 Å². The lowest BCUT2D eigenvalue weighted by Crippen LogP contribution is -2.29. The van der Waals surface area contributed by atoms with Gasteiger partial charge in [0, 0.05) is 5.69 Å². The molecule has 0 saturated carbocycles. The monoisotopic (exact) mass is 303 g/mol. The van der Waals surface area contributed by atoms with Crippen LogP contribution in [-0.2, 0) is 4.79 Å². The number of H-pyrrole nitrogens is 1. The van der Waals surface area contributed by atoms with Gasteiger partial charge in [-0.15, -0.1) is 0 Å². The molecule has 0 saturated heterocycles. The van der Waals surface area contributed by atoms with Gasteiger partial charge in [-0.2, -0.15) is 0 Å². The Bertz CT molecular complexity index is 940. The number of aromatic nitrogens is 2.